The van der Waals surface area contributed by atoms with Crippen LogP contribution in [0.4, 0.5) is 0 Å². The smallest absolute Gasteiger partial charge is 0.119 e. The van der Waals surface area contributed by atoms with Crippen molar-refractivity contribution in [1.29, 1.82) is 0 Å². The Hall–Kier alpha value is -1.47. The first-order valence-electron chi connectivity index (χ1n) is 8.71. The van der Waals surface area contributed by atoms with Crippen molar-refractivity contribution < 1.29 is 4.74 Å². The highest BCUT2D eigenvalue weighted by atomic mass is 35.5. The highest BCUT2D eigenvalue weighted by Crippen LogP contribution is 2.23. The summed E-state index contributed by atoms with van der Waals surface area (Å²) in [6, 6.07) is 16.7. The topological polar surface area (TPSA) is 9.23 Å². The average molecular weight is 331 g/mol. The van der Waals surface area contributed by atoms with Crippen molar-refractivity contribution in [2.45, 2.75) is 51.3 Å². The van der Waals surface area contributed by atoms with Crippen LogP contribution >= 0.6 is 11.6 Å². The zero-order valence-electron chi connectivity index (χ0n) is 14.1. The Bertz CT molecular complexity index is 545. The second-order valence-corrected chi connectivity index (χ2v) is 6.24. The molecule has 0 saturated carbocycles. The molecule has 0 unspecified atom stereocenters. The Morgan fingerprint density at radius 3 is 1.91 bits per heavy atom. The molecule has 0 atom stereocenters. The van der Waals surface area contributed by atoms with Gasteiger partial charge < -0.3 is 4.74 Å². The van der Waals surface area contributed by atoms with E-state index in [0.717, 1.165) is 24.3 Å². The van der Waals surface area contributed by atoms with Gasteiger partial charge >= 0.3 is 0 Å². The van der Waals surface area contributed by atoms with E-state index in [1.807, 2.05) is 0 Å². The van der Waals surface area contributed by atoms with Gasteiger partial charge in [-0.1, -0.05) is 75.4 Å². The SMILES string of the molecule is CCCCCCCCOc1ccc(-c2ccc(CCl)cc2)cc1. The van der Waals surface area contributed by atoms with Crippen LogP contribution in [0.25, 0.3) is 11.1 Å². The van der Waals surface area contributed by atoms with Gasteiger partial charge in [-0.25, -0.2) is 0 Å². The normalized spacial score (nSPS) is 10.7. The maximum Gasteiger partial charge on any atom is 0.119 e. The van der Waals surface area contributed by atoms with Crippen molar-refractivity contribution >= 4 is 11.6 Å². The van der Waals surface area contributed by atoms with E-state index in [1.54, 1.807) is 0 Å². The lowest BCUT2D eigenvalue weighted by Crippen LogP contribution is -1.97. The van der Waals surface area contributed by atoms with Crippen LogP contribution in [0.15, 0.2) is 48.5 Å². The molecule has 0 spiro atoms. The Balaban J connectivity index is 1.75. The van der Waals surface area contributed by atoms with Crippen LogP contribution in [-0.4, -0.2) is 6.61 Å². The number of ether oxygens (including phenoxy) is 1. The lowest BCUT2D eigenvalue weighted by Gasteiger charge is -2.08. The predicted octanol–water partition coefficient (Wildman–Crippen LogP) is 6.83. The van der Waals surface area contributed by atoms with Gasteiger partial charge in [-0.3, -0.25) is 0 Å². The molecule has 2 rings (SSSR count). The zero-order chi connectivity index (χ0) is 16.3. The summed E-state index contributed by atoms with van der Waals surface area (Å²) in [5.74, 6) is 1.52. The predicted molar refractivity (Wildman–Crippen MR) is 100 cm³/mol. The average Bonchev–Trinajstić information content (AvgIpc) is 2.61. The second kappa shape index (κ2) is 10.3. The van der Waals surface area contributed by atoms with Crippen molar-refractivity contribution in [1.82, 2.24) is 0 Å². The van der Waals surface area contributed by atoms with Crippen LogP contribution < -0.4 is 4.74 Å². The van der Waals surface area contributed by atoms with Gasteiger partial charge in [0, 0.05) is 5.88 Å². The van der Waals surface area contributed by atoms with Gasteiger partial charge in [0.15, 0.2) is 0 Å². The fourth-order valence-electron chi connectivity index (χ4n) is 2.60. The molecule has 23 heavy (non-hydrogen) atoms. The first kappa shape index (κ1) is 17.9. The summed E-state index contributed by atoms with van der Waals surface area (Å²) in [6.07, 6.45) is 7.75. The van der Waals surface area contributed by atoms with Gasteiger partial charge in [0.05, 0.1) is 6.61 Å². The fourth-order valence-corrected chi connectivity index (χ4v) is 2.78. The molecule has 0 bridgehead atoms. The van der Waals surface area contributed by atoms with E-state index in [2.05, 4.69) is 55.5 Å². The Morgan fingerprint density at radius 2 is 1.30 bits per heavy atom. The molecule has 0 fully saturated rings. The zero-order valence-corrected chi connectivity index (χ0v) is 14.8. The standard InChI is InChI=1S/C21H27ClO/c1-2-3-4-5-6-7-16-23-21-14-12-20(13-15-21)19-10-8-18(17-22)9-11-19/h8-15H,2-7,16-17H2,1H3. The molecule has 0 heterocycles. The monoisotopic (exact) mass is 330 g/mol. The lowest BCUT2D eigenvalue weighted by atomic mass is 10.0. The number of hydrogen-bond donors (Lipinski definition) is 0. The first-order chi connectivity index (χ1) is 11.3. The van der Waals surface area contributed by atoms with E-state index in [-0.39, 0.29) is 0 Å². The quantitative estimate of drug-likeness (QED) is 0.342. The van der Waals surface area contributed by atoms with Crippen LogP contribution in [0.3, 0.4) is 0 Å². The van der Waals surface area contributed by atoms with Crippen molar-refractivity contribution in [3.8, 4) is 16.9 Å². The number of halogens is 1. The first-order valence-corrected chi connectivity index (χ1v) is 9.25. The molecular formula is C21H27ClO. The summed E-state index contributed by atoms with van der Waals surface area (Å²) in [4.78, 5) is 0. The molecule has 2 heteroatoms. The minimum Gasteiger partial charge on any atom is -0.494 e. The summed E-state index contributed by atoms with van der Waals surface area (Å²) in [5.41, 5.74) is 3.56. The van der Waals surface area contributed by atoms with Crippen LogP contribution in [0.1, 0.15) is 51.0 Å². The van der Waals surface area contributed by atoms with Crippen LogP contribution in [-0.2, 0) is 5.88 Å². The summed E-state index contributed by atoms with van der Waals surface area (Å²) < 4.78 is 5.82. The summed E-state index contributed by atoms with van der Waals surface area (Å²) in [5, 5.41) is 0. The van der Waals surface area contributed by atoms with E-state index in [9.17, 15) is 0 Å². The van der Waals surface area contributed by atoms with E-state index in [0.29, 0.717) is 5.88 Å². The van der Waals surface area contributed by atoms with E-state index >= 15 is 0 Å². The molecule has 0 radical (unpaired) electrons. The molecule has 124 valence electrons. The maximum atomic E-state index is 5.83. The van der Waals surface area contributed by atoms with E-state index in [4.69, 9.17) is 16.3 Å². The highest BCUT2D eigenvalue weighted by Gasteiger charge is 2.00. The largest absolute Gasteiger partial charge is 0.494 e. The fraction of sp³-hybridized carbons (Fsp3) is 0.429. The van der Waals surface area contributed by atoms with Crippen LogP contribution in [0, 0.1) is 0 Å². The van der Waals surface area contributed by atoms with Gasteiger partial charge in [0.25, 0.3) is 0 Å². The molecule has 0 aliphatic heterocycles. The molecule has 0 amide bonds. The van der Waals surface area contributed by atoms with Gasteiger partial charge in [0.2, 0.25) is 0 Å². The van der Waals surface area contributed by atoms with Crippen molar-refractivity contribution in [3.63, 3.8) is 0 Å². The van der Waals surface area contributed by atoms with Gasteiger partial charge in [-0.05, 0) is 35.2 Å². The summed E-state index contributed by atoms with van der Waals surface area (Å²) in [6.45, 7) is 3.06. The lowest BCUT2D eigenvalue weighted by molar-refractivity contribution is 0.304. The Kier molecular flexibility index (Phi) is 8.03. The van der Waals surface area contributed by atoms with Crippen molar-refractivity contribution in [2.24, 2.45) is 0 Å². The molecule has 0 N–H and O–H groups in total. The molecule has 0 aliphatic carbocycles. The van der Waals surface area contributed by atoms with E-state index in [1.165, 1.54) is 43.2 Å². The van der Waals surface area contributed by atoms with Crippen LogP contribution in [0.5, 0.6) is 5.75 Å². The molecule has 2 aromatic carbocycles. The summed E-state index contributed by atoms with van der Waals surface area (Å²) in [7, 11) is 0. The van der Waals surface area contributed by atoms with Crippen LogP contribution in [0.2, 0.25) is 0 Å². The molecule has 0 aliphatic rings. The maximum absolute atomic E-state index is 5.83. The third kappa shape index (κ3) is 6.27. The number of benzene rings is 2. The third-order valence-electron chi connectivity index (χ3n) is 4.06. The van der Waals surface area contributed by atoms with Crippen molar-refractivity contribution in [2.75, 3.05) is 6.61 Å². The summed E-state index contributed by atoms with van der Waals surface area (Å²) >= 11 is 5.83. The minimum atomic E-state index is 0.561. The molecule has 0 aromatic heterocycles. The van der Waals surface area contributed by atoms with Gasteiger partial charge in [-0.15, -0.1) is 11.6 Å². The Labute approximate surface area is 145 Å². The van der Waals surface area contributed by atoms with Gasteiger partial charge in [0.1, 0.15) is 5.75 Å². The number of alkyl halides is 1. The number of unbranched alkanes of at least 4 members (excludes halogenated alkanes) is 5. The molecule has 2 aromatic rings. The molecule has 1 nitrogen and oxygen atoms in total. The third-order valence-corrected chi connectivity index (χ3v) is 4.37. The second-order valence-electron chi connectivity index (χ2n) is 5.97. The minimum absolute atomic E-state index is 0.561. The highest BCUT2D eigenvalue weighted by molar-refractivity contribution is 6.17. The Morgan fingerprint density at radius 1 is 0.739 bits per heavy atom. The number of rotatable bonds is 10. The molecule has 0 saturated heterocycles. The molecular weight excluding hydrogens is 304 g/mol. The van der Waals surface area contributed by atoms with Gasteiger partial charge in [-0.2, -0.15) is 0 Å². The number of hydrogen-bond acceptors (Lipinski definition) is 1. The van der Waals surface area contributed by atoms with Crippen molar-refractivity contribution in [3.05, 3.63) is 54.1 Å². The van der Waals surface area contributed by atoms with E-state index < -0.39 is 0 Å².